The summed E-state index contributed by atoms with van der Waals surface area (Å²) in [6.07, 6.45) is 2.69. The van der Waals surface area contributed by atoms with Crippen LogP contribution in [0.25, 0.3) is 0 Å². The number of carbonyl (C=O) groups excluding carboxylic acids is 2. The monoisotopic (exact) mass is 430 g/mol. The normalized spacial score (nSPS) is 14.9. The number of para-hydroxylation sites is 1. The van der Waals surface area contributed by atoms with Crippen molar-refractivity contribution in [1.82, 2.24) is 4.31 Å². The fraction of sp³-hybridized carbons (Fsp3) is 0.364. The summed E-state index contributed by atoms with van der Waals surface area (Å²) in [5.74, 6) is -1.02. The number of carbonyl (C=O) groups is 2. The number of rotatable bonds is 6. The van der Waals surface area contributed by atoms with E-state index in [2.05, 4.69) is 5.32 Å². The standard InChI is InChI=1S/C22H26N2O5S/c1-3-29-22(26)18-9-5-6-10-20(18)23-21(25)19-15-17(12-11-16(19)2)30(27,28)24-13-7-4-8-14-24/h5-6,9-12,15H,3-4,7-8,13-14H2,1-2H3,(H,23,25). The van der Waals surface area contributed by atoms with E-state index in [4.69, 9.17) is 4.74 Å². The van der Waals surface area contributed by atoms with Gasteiger partial charge in [0.25, 0.3) is 5.91 Å². The smallest absolute Gasteiger partial charge is 0.340 e. The Morgan fingerprint density at radius 1 is 1.03 bits per heavy atom. The Balaban J connectivity index is 1.89. The second-order valence-corrected chi connectivity index (χ2v) is 9.10. The van der Waals surface area contributed by atoms with Crippen molar-refractivity contribution in [2.45, 2.75) is 38.0 Å². The predicted molar refractivity (Wildman–Crippen MR) is 114 cm³/mol. The molecule has 1 aliphatic heterocycles. The summed E-state index contributed by atoms with van der Waals surface area (Å²) in [5, 5.41) is 2.72. The Bertz CT molecular complexity index is 1040. The van der Waals surface area contributed by atoms with E-state index in [0.29, 0.717) is 24.3 Å². The van der Waals surface area contributed by atoms with Gasteiger partial charge in [-0.05, 0) is 56.5 Å². The molecule has 0 radical (unpaired) electrons. The van der Waals surface area contributed by atoms with Crippen LogP contribution in [0.1, 0.15) is 52.5 Å². The van der Waals surface area contributed by atoms with Crippen LogP contribution in [0.4, 0.5) is 5.69 Å². The SMILES string of the molecule is CCOC(=O)c1ccccc1NC(=O)c1cc(S(=O)(=O)N2CCCCC2)ccc1C. The van der Waals surface area contributed by atoms with E-state index in [1.165, 1.54) is 16.4 Å². The van der Waals surface area contributed by atoms with Crippen LogP contribution < -0.4 is 5.32 Å². The molecule has 1 N–H and O–H groups in total. The molecule has 0 bridgehead atoms. The summed E-state index contributed by atoms with van der Waals surface area (Å²) in [7, 11) is -3.66. The van der Waals surface area contributed by atoms with Gasteiger partial charge in [0.2, 0.25) is 10.0 Å². The summed E-state index contributed by atoms with van der Waals surface area (Å²) >= 11 is 0. The van der Waals surface area contributed by atoms with E-state index >= 15 is 0 Å². The lowest BCUT2D eigenvalue weighted by Gasteiger charge is -2.26. The average Bonchev–Trinajstić information content (AvgIpc) is 2.75. The molecule has 0 saturated carbocycles. The molecule has 0 unspecified atom stereocenters. The third-order valence-corrected chi connectivity index (χ3v) is 6.97. The molecule has 7 nitrogen and oxygen atoms in total. The van der Waals surface area contributed by atoms with E-state index in [1.54, 1.807) is 44.2 Å². The number of aryl methyl sites for hydroxylation is 1. The van der Waals surface area contributed by atoms with Crippen molar-refractivity contribution in [1.29, 1.82) is 0 Å². The van der Waals surface area contributed by atoms with Crippen LogP contribution in [-0.4, -0.2) is 44.3 Å². The Morgan fingerprint density at radius 2 is 1.73 bits per heavy atom. The number of nitrogens with zero attached hydrogens (tertiary/aromatic N) is 1. The van der Waals surface area contributed by atoms with Gasteiger partial charge < -0.3 is 10.1 Å². The molecule has 3 rings (SSSR count). The number of ether oxygens (including phenoxy) is 1. The number of hydrogen-bond donors (Lipinski definition) is 1. The van der Waals surface area contributed by atoms with Crippen LogP contribution >= 0.6 is 0 Å². The second kappa shape index (κ2) is 9.40. The predicted octanol–water partition coefficient (Wildman–Crippen LogP) is 3.60. The highest BCUT2D eigenvalue weighted by Gasteiger charge is 2.27. The lowest BCUT2D eigenvalue weighted by molar-refractivity contribution is 0.0527. The lowest BCUT2D eigenvalue weighted by Crippen LogP contribution is -2.35. The number of amides is 1. The van der Waals surface area contributed by atoms with Crippen LogP contribution in [0.15, 0.2) is 47.4 Å². The minimum absolute atomic E-state index is 0.0961. The molecular formula is C22H26N2O5S. The maximum Gasteiger partial charge on any atom is 0.340 e. The summed E-state index contributed by atoms with van der Waals surface area (Å²) in [4.78, 5) is 25.2. The first-order chi connectivity index (χ1) is 14.3. The van der Waals surface area contributed by atoms with Crippen LogP contribution in [0.5, 0.6) is 0 Å². The average molecular weight is 431 g/mol. The van der Waals surface area contributed by atoms with Crippen molar-refractivity contribution in [2.75, 3.05) is 25.0 Å². The molecule has 0 aromatic heterocycles. The fourth-order valence-electron chi connectivity index (χ4n) is 3.43. The molecule has 0 atom stereocenters. The Kier molecular flexibility index (Phi) is 6.89. The van der Waals surface area contributed by atoms with Gasteiger partial charge in [-0.1, -0.05) is 24.6 Å². The maximum absolute atomic E-state index is 13.0. The summed E-state index contributed by atoms with van der Waals surface area (Å²) < 4.78 is 32.5. The van der Waals surface area contributed by atoms with Crippen molar-refractivity contribution in [3.05, 3.63) is 59.2 Å². The van der Waals surface area contributed by atoms with Crippen molar-refractivity contribution < 1.29 is 22.7 Å². The van der Waals surface area contributed by atoms with E-state index in [-0.39, 0.29) is 22.6 Å². The molecule has 2 aromatic carbocycles. The summed E-state index contributed by atoms with van der Waals surface area (Å²) in [6.45, 7) is 4.64. The zero-order valence-corrected chi connectivity index (χ0v) is 18.0. The topological polar surface area (TPSA) is 92.8 Å². The summed E-state index contributed by atoms with van der Waals surface area (Å²) in [5.41, 5.74) is 1.43. The zero-order chi connectivity index (χ0) is 21.7. The molecule has 30 heavy (non-hydrogen) atoms. The molecule has 0 spiro atoms. The van der Waals surface area contributed by atoms with Crippen molar-refractivity contribution >= 4 is 27.6 Å². The number of piperidine rings is 1. The van der Waals surface area contributed by atoms with Gasteiger partial charge in [-0.25, -0.2) is 13.2 Å². The lowest BCUT2D eigenvalue weighted by atomic mass is 10.1. The van der Waals surface area contributed by atoms with Crippen LogP contribution in [0, 0.1) is 6.92 Å². The molecule has 1 aliphatic rings. The highest BCUT2D eigenvalue weighted by atomic mass is 32.2. The molecule has 1 amide bonds. The zero-order valence-electron chi connectivity index (χ0n) is 17.2. The molecule has 160 valence electrons. The minimum atomic E-state index is -3.66. The van der Waals surface area contributed by atoms with Gasteiger partial charge in [0.05, 0.1) is 22.8 Å². The van der Waals surface area contributed by atoms with Gasteiger partial charge in [-0.3, -0.25) is 4.79 Å². The molecule has 1 heterocycles. The highest BCUT2D eigenvalue weighted by Crippen LogP contribution is 2.24. The van der Waals surface area contributed by atoms with Crippen molar-refractivity contribution in [3.8, 4) is 0 Å². The third-order valence-electron chi connectivity index (χ3n) is 5.08. The number of esters is 1. The van der Waals surface area contributed by atoms with Gasteiger partial charge >= 0.3 is 5.97 Å². The van der Waals surface area contributed by atoms with E-state index in [1.807, 2.05) is 0 Å². The van der Waals surface area contributed by atoms with E-state index < -0.39 is 21.9 Å². The van der Waals surface area contributed by atoms with Crippen molar-refractivity contribution in [2.24, 2.45) is 0 Å². The first kappa shape index (κ1) is 22.0. The minimum Gasteiger partial charge on any atom is -0.462 e. The van der Waals surface area contributed by atoms with Gasteiger partial charge in [0, 0.05) is 18.7 Å². The van der Waals surface area contributed by atoms with Crippen molar-refractivity contribution in [3.63, 3.8) is 0 Å². The van der Waals surface area contributed by atoms with E-state index in [9.17, 15) is 18.0 Å². The van der Waals surface area contributed by atoms with Gasteiger partial charge in [-0.2, -0.15) is 4.31 Å². The second-order valence-electron chi connectivity index (χ2n) is 7.16. The largest absolute Gasteiger partial charge is 0.462 e. The fourth-order valence-corrected chi connectivity index (χ4v) is 4.97. The number of nitrogens with one attached hydrogen (secondary N) is 1. The van der Waals surface area contributed by atoms with Gasteiger partial charge in [0.1, 0.15) is 0 Å². The molecule has 0 aliphatic carbocycles. The Labute approximate surface area is 177 Å². The molecule has 2 aromatic rings. The van der Waals surface area contributed by atoms with Gasteiger partial charge in [-0.15, -0.1) is 0 Å². The first-order valence-corrected chi connectivity index (χ1v) is 11.5. The Hall–Kier alpha value is -2.71. The molecule has 1 fully saturated rings. The summed E-state index contributed by atoms with van der Waals surface area (Å²) in [6, 6.07) is 11.1. The number of benzene rings is 2. The van der Waals surface area contributed by atoms with Gasteiger partial charge in [0.15, 0.2) is 0 Å². The maximum atomic E-state index is 13.0. The van der Waals surface area contributed by atoms with Crippen LogP contribution in [0.2, 0.25) is 0 Å². The molecular weight excluding hydrogens is 404 g/mol. The molecule has 1 saturated heterocycles. The Morgan fingerprint density at radius 3 is 2.43 bits per heavy atom. The van der Waals surface area contributed by atoms with Crippen LogP contribution in [-0.2, 0) is 14.8 Å². The van der Waals surface area contributed by atoms with E-state index in [0.717, 1.165) is 19.3 Å². The highest BCUT2D eigenvalue weighted by molar-refractivity contribution is 7.89. The molecule has 8 heteroatoms. The quantitative estimate of drug-likeness (QED) is 0.707. The number of hydrogen-bond acceptors (Lipinski definition) is 5. The van der Waals surface area contributed by atoms with Crippen LogP contribution in [0.3, 0.4) is 0 Å². The third kappa shape index (κ3) is 4.71. The first-order valence-electron chi connectivity index (χ1n) is 10.0. The number of sulfonamides is 1. The number of anilines is 1.